The van der Waals surface area contributed by atoms with E-state index < -0.39 is 21.6 Å². The molecule has 1 aliphatic rings. The van der Waals surface area contributed by atoms with Gasteiger partial charge in [0.05, 0.1) is 18.1 Å². The van der Waals surface area contributed by atoms with Crippen molar-refractivity contribution in [3.05, 3.63) is 41.9 Å². The van der Waals surface area contributed by atoms with Crippen LogP contribution in [-0.2, 0) is 19.4 Å². The van der Waals surface area contributed by atoms with E-state index >= 15 is 0 Å². The molecule has 26 heavy (non-hydrogen) atoms. The Bertz CT molecular complexity index is 815. The topological polar surface area (TPSA) is 99.5 Å². The molecule has 1 heterocycles. The molecule has 0 aromatic heterocycles. The number of nitrogens with zero attached hydrogens (tertiary/aromatic N) is 2. The normalized spacial score (nSPS) is 19.0. The van der Waals surface area contributed by atoms with Crippen LogP contribution in [0.1, 0.15) is 6.42 Å². The molecule has 1 amide bonds. The second kappa shape index (κ2) is 8.78. The maximum atomic E-state index is 12.9. The van der Waals surface area contributed by atoms with Gasteiger partial charge in [0.15, 0.2) is 9.84 Å². The van der Waals surface area contributed by atoms with E-state index in [-0.39, 0.29) is 23.1 Å². The smallest absolute Gasteiger partial charge is 0.267 e. The fraction of sp³-hybridized carbons (Fsp3) is 0.412. The highest BCUT2D eigenvalue weighted by Crippen LogP contribution is 2.19. The van der Waals surface area contributed by atoms with Crippen molar-refractivity contribution in [3.63, 3.8) is 0 Å². The lowest BCUT2D eigenvalue weighted by atomic mass is 10.2. The van der Waals surface area contributed by atoms with E-state index in [9.17, 15) is 22.9 Å². The van der Waals surface area contributed by atoms with Crippen molar-refractivity contribution in [2.24, 2.45) is 0 Å². The summed E-state index contributed by atoms with van der Waals surface area (Å²) in [6, 6.07) is 6.67. The van der Waals surface area contributed by atoms with Crippen LogP contribution in [0.15, 0.2) is 36.0 Å². The molecule has 0 radical (unpaired) electrons. The molecule has 1 aromatic rings. The SMILES string of the molecule is COCCN(/C=C(/C#N)C(=O)Nc1ccc(F)cc1)C1CCS(=O)(=O)C1. The third-order valence-corrected chi connectivity index (χ3v) is 5.74. The number of hydrogen-bond acceptors (Lipinski definition) is 6. The molecule has 1 fully saturated rings. The zero-order valence-corrected chi connectivity index (χ0v) is 15.1. The van der Waals surface area contributed by atoms with Crippen molar-refractivity contribution in [3.8, 4) is 6.07 Å². The summed E-state index contributed by atoms with van der Waals surface area (Å²) < 4.78 is 41.4. The number of amides is 1. The predicted molar refractivity (Wildman–Crippen MR) is 94.4 cm³/mol. The first-order chi connectivity index (χ1) is 12.3. The Hall–Kier alpha value is -2.44. The number of nitriles is 1. The average molecular weight is 381 g/mol. The third kappa shape index (κ3) is 5.54. The van der Waals surface area contributed by atoms with E-state index in [1.807, 2.05) is 6.07 Å². The molecule has 1 saturated heterocycles. The summed E-state index contributed by atoms with van der Waals surface area (Å²) in [4.78, 5) is 14.0. The van der Waals surface area contributed by atoms with Crippen LogP contribution in [0.3, 0.4) is 0 Å². The first kappa shape index (κ1) is 19.9. The van der Waals surface area contributed by atoms with E-state index in [2.05, 4.69) is 5.32 Å². The number of anilines is 1. The van der Waals surface area contributed by atoms with Gasteiger partial charge in [-0.25, -0.2) is 12.8 Å². The Labute approximate surface area is 152 Å². The van der Waals surface area contributed by atoms with Gasteiger partial charge in [-0.3, -0.25) is 4.79 Å². The van der Waals surface area contributed by atoms with E-state index in [1.165, 1.54) is 37.6 Å². The number of ether oxygens (including phenoxy) is 1. The molecule has 140 valence electrons. The minimum absolute atomic E-state index is 0.0223. The Kier molecular flexibility index (Phi) is 6.71. The maximum Gasteiger partial charge on any atom is 0.267 e. The number of methoxy groups -OCH3 is 1. The molecular formula is C17H20FN3O4S. The van der Waals surface area contributed by atoms with Gasteiger partial charge in [-0.1, -0.05) is 0 Å². The Morgan fingerprint density at radius 2 is 2.15 bits per heavy atom. The number of carbonyl (C=O) groups excluding carboxylic acids is 1. The quantitative estimate of drug-likeness (QED) is 0.565. The second-order valence-electron chi connectivity index (χ2n) is 5.90. The molecule has 1 aromatic carbocycles. The highest BCUT2D eigenvalue weighted by molar-refractivity contribution is 7.91. The molecule has 0 spiro atoms. The molecule has 1 N–H and O–H groups in total. The molecular weight excluding hydrogens is 361 g/mol. The van der Waals surface area contributed by atoms with Crippen LogP contribution in [0.4, 0.5) is 10.1 Å². The second-order valence-corrected chi connectivity index (χ2v) is 8.13. The monoisotopic (exact) mass is 381 g/mol. The van der Waals surface area contributed by atoms with Gasteiger partial charge in [0.2, 0.25) is 0 Å². The lowest BCUT2D eigenvalue weighted by Crippen LogP contribution is -2.35. The zero-order chi connectivity index (χ0) is 19.2. The molecule has 1 aliphatic heterocycles. The van der Waals surface area contributed by atoms with Crippen molar-refractivity contribution in [1.82, 2.24) is 4.90 Å². The minimum Gasteiger partial charge on any atom is -0.383 e. The summed E-state index contributed by atoms with van der Waals surface area (Å²) in [6.45, 7) is 0.678. The summed E-state index contributed by atoms with van der Waals surface area (Å²) in [6.07, 6.45) is 1.80. The number of nitrogens with one attached hydrogen (secondary N) is 1. The summed E-state index contributed by atoms with van der Waals surface area (Å²) in [5.74, 6) is -1.03. The van der Waals surface area contributed by atoms with Crippen molar-refractivity contribution in [2.45, 2.75) is 12.5 Å². The molecule has 1 unspecified atom stereocenters. The predicted octanol–water partition coefficient (Wildman–Crippen LogP) is 1.31. The highest BCUT2D eigenvalue weighted by atomic mass is 32.2. The maximum absolute atomic E-state index is 12.9. The van der Waals surface area contributed by atoms with Crippen molar-refractivity contribution >= 4 is 21.4 Å². The van der Waals surface area contributed by atoms with Crippen LogP contribution < -0.4 is 5.32 Å². The van der Waals surface area contributed by atoms with Crippen molar-refractivity contribution in [2.75, 3.05) is 37.1 Å². The van der Waals surface area contributed by atoms with E-state index in [0.717, 1.165) is 0 Å². The Morgan fingerprint density at radius 3 is 2.69 bits per heavy atom. The van der Waals surface area contributed by atoms with Gasteiger partial charge in [-0.05, 0) is 30.7 Å². The number of sulfone groups is 1. The largest absolute Gasteiger partial charge is 0.383 e. The summed E-state index contributed by atoms with van der Waals surface area (Å²) in [5.41, 5.74) is 0.180. The van der Waals surface area contributed by atoms with Gasteiger partial charge >= 0.3 is 0 Å². The molecule has 0 bridgehead atoms. The highest BCUT2D eigenvalue weighted by Gasteiger charge is 2.31. The average Bonchev–Trinajstić information content (AvgIpc) is 2.97. The molecule has 7 nitrogen and oxygen atoms in total. The number of halogens is 1. The van der Waals surface area contributed by atoms with Crippen molar-refractivity contribution < 1.29 is 22.3 Å². The summed E-state index contributed by atoms with van der Waals surface area (Å²) >= 11 is 0. The van der Waals surface area contributed by atoms with Gasteiger partial charge in [0.1, 0.15) is 17.5 Å². The lowest BCUT2D eigenvalue weighted by Gasteiger charge is -2.26. The van der Waals surface area contributed by atoms with E-state index in [0.29, 0.717) is 25.3 Å². The van der Waals surface area contributed by atoms with Crippen LogP contribution in [0.2, 0.25) is 0 Å². The Balaban J connectivity index is 2.16. The number of benzene rings is 1. The number of carbonyl (C=O) groups is 1. The molecule has 0 aliphatic carbocycles. The van der Waals surface area contributed by atoms with Crippen LogP contribution in [0.25, 0.3) is 0 Å². The van der Waals surface area contributed by atoms with Crippen LogP contribution in [0, 0.1) is 17.1 Å². The first-order valence-corrected chi connectivity index (χ1v) is 9.80. The third-order valence-electron chi connectivity index (χ3n) is 3.99. The molecule has 0 saturated carbocycles. The number of hydrogen-bond donors (Lipinski definition) is 1. The fourth-order valence-electron chi connectivity index (χ4n) is 2.62. The van der Waals surface area contributed by atoms with Crippen LogP contribution in [-0.4, -0.2) is 57.0 Å². The fourth-order valence-corrected chi connectivity index (χ4v) is 4.36. The van der Waals surface area contributed by atoms with Crippen molar-refractivity contribution in [1.29, 1.82) is 5.26 Å². The van der Waals surface area contributed by atoms with Gasteiger partial charge in [0.25, 0.3) is 5.91 Å². The molecule has 9 heteroatoms. The van der Waals surface area contributed by atoms with Crippen LogP contribution >= 0.6 is 0 Å². The lowest BCUT2D eigenvalue weighted by molar-refractivity contribution is -0.112. The summed E-state index contributed by atoms with van der Waals surface area (Å²) in [7, 11) is -1.60. The zero-order valence-electron chi connectivity index (χ0n) is 14.3. The van der Waals surface area contributed by atoms with Crippen LogP contribution in [0.5, 0.6) is 0 Å². The van der Waals surface area contributed by atoms with Gasteiger partial charge in [-0.15, -0.1) is 0 Å². The number of rotatable bonds is 7. The van der Waals surface area contributed by atoms with Gasteiger partial charge < -0.3 is 15.0 Å². The Morgan fingerprint density at radius 1 is 1.46 bits per heavy atom. The minimum atomic E-state index is -3.11. The van der Waals surface area contributed by atoms with E-state index in [1.54, 1.807) is 4.90 Å². The molecule has 1 atom stereocenters. The standard InChI is InChI=1S/C17H20FN3O4S/c1-25-8-7-21(16-6-9-26(23,24)12-16)11-13(10-19)17(22)20-15-4-2-14(18)3-5-15/h2-5,11,16H,6-9,12H2,1H3,(H,20,22)/b13-11-. The van der Waals surface area contributed by atoms with Gasteiger partial charge in [-0.2, -0.15) is 5.26 Å². The van der Waals surface area contributed by atoms with E-state index in [4.69, 9.17) is 4.74 Å². The first-order valence-electron chi connectivity index (χ1n) is 7.98. The van der Waals surface area contributed by atoms with Gasteiger partial charge in [0, 0.05) is 31.6 Å². The summed E-state index contributed by atoms with van der Waals surface area (Å²) in [5, 5.41) is 11.8. The molecule has 2 rings (SSSR count).